The average molecular weight is 387 g/mol. The minimum Gasteiger partial charge on any atom is -0.495 e. The van der Waals surface area contributed by atoms with Gasteiger partial charge in [-0.1, -0.05) is 11.6 Å². The van der Waals surface area contributed by atoms with Crippen LogP contribution in [0.1, 0.15) is 0 Å². The summed E-state index contributed by atoms with van der Waals surface area (Å²) in [6.07, 6.45) is 0. The van der Waals surface area contributed by atoms with Crippen molar-refractivity contribution >= 4 is 33.0 Å². The Bertz CT molecular complexity index is 962. The number of anilines is 1. The van der Waals surface area contributed by atoms with Crippen LogP contribution in [0.25, 0.3) is 0 Å². The predicted octanol–water partition coefficient (Wildman–Crippen LogP) is 2.79. The molecule has 0 fully saturated rings. The van der Waals surface area contributed by atoms with Gasteiger partial charge in [-0.25, -0.2) is 8.42 Å². The first-order chi connectivity index (χ1) is 11.8. The molecular formula is C14H11ClN2O7S. The molecule has 0 saturated carbocycles. The van der Waals surface area contributed by atoms with E-state index in [1.165, 1.54) is 25.3 Å². The summed E-state index contributed by atoms with van der Waals surface area (Å²) in [5.41, 5.74) is -0.350. The Morgan fingerprint density at radius 3 is 2.56 bits per heavy atom. The Balaban J connectivity index is 2.03. The molecule has 1 aliphatic heterocycles. The quantitative estimate of drug-likeness (QED) is 0.620. The number of halogens is 1. The molecule has 0 spiro atoms. The maximum Gasteiger partial charge on any atom is 0.271 e. The molecule has 0 aliphatic carbocycles. The van der Waals surface area contributed by atoms with Crippen LogP contribution in [0.4, 0.5) is 11.4 Å². The van der Waals surface area contributed by atoms with Crippen molar-refractivity contribution in [3.8, 4) is 17.2 Å². The van der Waals surface area contributed by atoms with Crippen molar-refractivity contribution in [2.75, 3.05) is 18.6 Å². The lowest BCUT2D eigenvalue weighted by atomic mass is 10.3. The second kappa shape index (κ2) is 6.30. The van der Waals surface area contributed by atoms with Gasteiger partial charge in [-0.2, -0.15) is 0 Å². The molecule has 0 bridgehead atoms. The number of hydrogen-bond donors (Lipinski definition) is 1. The molecule has 3 rings (SSSR count). The van der Waals surface area contributed by atoms with Gasteiger partial charge >= 0.3 is 0 Å². The Hall–Kier alpha value is -2.72. The van der Waals surface area contributed by atoms with Crippen LogP contribution < -0.4 is 18.9 Å². The topological polar surface area (TPSA) is 117 Å². The summed E-state index contributed by atoms with van der Waals surface area (Å²) in [5.74, 6) is 0.670. The van der Waals surface area contributed by atoms with Crippen molar-refractivity contribution < 1.29 is 27.6 Å². The summed E-state index contributed by atoms with van der Waals surface area (Å²) in [6, 6.07) is 6.03. The minimum absolute atomic E-state index is 0.000564. The fourth-order valence-electron chi connectivity index (χ4n) is 2.18. The van der Waals surface area contributed by atoms with Gasteiger partial charge in [-0.05, 0) is 6.07 Å². The third kappa shape index (κ3) is 3.26. The van der Waals surface area contributed by atoms with Crippen LogP contribution in [0.3, 0.4) is 0 Å². The van der Waals surface area contributed by atoms with Crippen LogP contribution in [-0.2, 0) is 10.0 Å². The van der Waals surface area contributed by atoms with Gasteiger partial charge in [0.25, 0.3) is 15.7 Å². The molecule has 0 atom stereocenters. The third-order valence-electron chi connectivity index (χ3n) is 3.35. The molecule has 0 amide bonds. The van der Waals surface area contributed by atoms with Crippen molar-refractivity contribution in [2.45, 2.75) is 4.90 Å². The summed E-state index contributed by atoms with van der Waals surface area (Å²) < 4.78 is 42.9. The second-order valence-corrected chi connectivity index (χ2v) is 6.94. The Kier molecular flexibility index (Phi) is 4.31. The standard InChI is InChI=1S/C14H11ClN2O7S/c1-22-11-3-2-8(17(18)19)4-14(11)25(20,21)16-10-6-13-12(5-9(10)15)23-7-24-13/h2-6,16H,7H2,1H3. The molecule has 0 unspecified atom stereocenters. The predicted molar refractivity (Wildman–Crippen MR) is 88.0 cm³/mol. The highest BCUT2D eigenvalue weighted by molar-refractivity contribution is 7.92. The first-order valence-corrected chi connectivity index (χ1v) is 8.62. The van der Waals surface area contributed by atoms with E-state index < -0.39 is 25.5 Å². The Morgan fingerprint density at radius 1 is 1.24 bits per heavy atom. The summed E-state index contributed by atoms with van der Waals surface area (Å²) in [4.78, 5) is 9.82. The van der Waals surface area contributed by atoms with Crippen LogP contribution in [-0.4, -0.2) is 27.2 Å². The SMILES string of the molecule is COc1ccc([N+](=O)[O-])cc1S(=O)(=O)Nc1cc2c(cc1Cl)OCO2. The zero-order valence-electron chi connectivity index (χ0n) is 12.7. The maximum absolute atomic E-state index is 12.7. The van der Waals surface area contributed by atoms with E-state index in [0.29, 0.717) is 11.5 Å². The fourth-order valence-corrected chi connectivity index (χ4v) is 3.70. The summed E-state index contributed by atoms with van der Waals surface area (Å²) >= 11 is 6.05. The van der Waals surface area contributed by atoms with Crippen molar-refractivity contribution in [3.05, 3.63) is 45.5 Å². The van der Waals surface area contributed by atoms with Crippen LogP contribution in [0, 0.1) is 10.1 Å². The molecule has 2 aromatic carbocycles. The number of benzene rings is 2. The highest BCUT2D eigenvalue weighted by Gasteiger charge is 2.25. The van der Waals surface area contributed by atoms with Crippen molar-refractivity contribution in [3.63, 3.8) is 0 Å². The Labute approximate surface area is 147 Å². The number of methoxy groups -OCH3 is 1. The number of hydrogen-bond acceptors (Lipinski definition) is 7. The average Bonchev–Trinajstić information content (AvgIpc) is 3.01. The molecule has 1 N–H and O–H groups in total. The highest BCUT2D eigenvalue weighted by atomic mass is 35.5. The molecule has 2 aromatic rings. The number of fused-ring (bicyclic) bond motifs is 1. The highest BCUT2D eigenvalue weighted by Crippen LogP contribution is 2.40. The van der Waals surface area contributed by atoms with E-state index in [1.807, 2.05) is 0 Å². The minimum atomic E-state index is -4.21. The van der Waals surface area contributed by atoms with E-state index in [1.54, 1.807) is 0 Å². The summed E-state index contributed by atoms with van der Waals surface area (Å²) in [5, 5.41) is 11.0. The number of nitro groups is 1. The lowest BCUT2D eigenvalue weighted by Gasteiger charge is -2.13. The van der Waals surface area contributed by atoms with E-state index in [9.17, 15) is 18.5 Å². The summed E-state index contributed by atoms with van der Waals surface area (Å²) in [7, 11) is -2.95. The first-order valence-electron chi connectivity index (χ1n) is 6.76. The number of nitro benzene ring substituents is 1. The maximum atomic E-state index is 12.7. The van der Waals surface area contributed by atoms with Gasteiger partial charge in [0, 0.05) is 24.3 Å². The number of ether oxygens (including phenoxy) is 3. The van der Waals surface area contributed by atoms with E-state index in [4.69, 9.17) is 25.8 Å². The monoisotopic (exact) mass is 386 g/mol. The zero-order valence-corrected chi connectivity index (χ0v) is 14.3. The van der Waals surface area contributed by atoms with Crippen LogP contribution in [0.2, 0.25) is 5.02 Å². The van der Waals surface area contributed by atoms with E-state index in [0.717, 1.165) is 12.1 Å². The van der Waals surface area contributed by atoms with Gasteiger partial charge in [-0.3, -0.25) is 14.8 Å². The van der Waals surface area contributed by atoms with E-state index >= 15 is 0 Å². The normalized spacial score (nSPS) is 12.7. The van der Waals surface area contributed by atoms with Gasteiger partial charge in [0.1, 0.15) is 10.6 Å². The molecule has 132 valence electrons. The summed E-state index contributed by atoms with van der Waals surface area (Å²) in [6.45, 7) is 0.000564. The molecule has 0 saturated heterocycles. The third-order valence-corrected chi connectivity index (χ3v) is 5.05. The molecule has 25 heavy (non-hydrogen) atoms. The number of nitrogens with zero attached hydrogens (tertiary/aromatic N) is 1. The number of rotatable bonds is 5. The van der Waals surface area contributed by atoms with E-state index in [-0.39, 0.29) is 23.3 Å². The molecule has 11 heteroatoms. The molecule has 0 aromatic heterocycles. The van der Waals surface area contributed by atoms with Crippen LogP contribution >= 0.6 is 11.6 Å². The van der Waals surface area contributed by atoms with Crippen molar-refractivity contribution in [2.24, 2.45) is 0 Å². The fraction of sp³-hybridized carbons (Fsp3) is 0.143. The van der Waals surface area contributed by atoms with E-state index in [2.05, 4.69) is 4.72 Å². The molecule has 1 heterocycles. The van der Waals surface area contributed by atoms with Crippen molar-refractivity contribution in [1.29, 1.82) is 0 Å². The number of nitrogens with one attached hydrogen (secondary N) is 1. The molecule has 0 radical (unpaired) electrons. The van der Waals surface area contributed by atoms with Crippen LogP contribution in [0.15, 0.2) is 35.2 Å². The van der Waals surface area contributed by atoms with Crippen LogP contribution in [0.5, 0.6) is 17.2 Å². The van der Waals surface area contributed by atoms with Gasteiger partial charge in [0.05, 0.1) is 22.7 Å². The number of sulfonamides is 1. The molecule has 9 nitrogen and oxygen atoms in total. The second-order valence-electron chi connectivity index (χ2n) is 4.88. The van der Waals surface area contributed by atoms with Gasteiger partial charge in [-0.15, -0.1) is 0 Å². The van der Waals surface area contributed by atoms with Gasteiger partial charge in [0.15, 0.2) is 11.5 Å². The zero-order chi connectivity index (χ0) is 18.2. The van der Waals surface area contributed by atoms with Crippen molar-refractivity contribution in [1.82, 2.24) is 0 Å². The smallest absolute Gasteiger partial charge is 0.271 e. The van der Waals surface area contributed by atoms with Gasteiger partial charge < -0.3 is 14.2 Å². The largest absolute Gasteiger partial charge is 0.495 e. The Morgan fingerprint density at radius 2 is 1.92 bits per heavy atom. The molecular weight excluding hydrogens is 376 g/mol. The molecule has 1 aliphatic rings. The lowest BCUT2D eigenvalue weighted by molar-refractivity contribution is -0.385. The first kappa shape index (κ1) is 17.1. The lowest BCUT2D eigenvalue weighted by Crippen LogP contribution is -2.14. The number of non-ortho nitro benzene ring substituents is 1. The van der Waals surface area contributed by atoms with Gasteiger partial charge in [0.2, 0.25) is 6.79 Å².